The molecule has 0 spiro atoms. The first-order chi connectivity index (χ1) is 14.9. The number of nitriles is 1. The molecule has 4 rings (SSSR count). The first kappa shape index (κ1) is 20.4. The van der Waals surface area contributed by atoms with E-state index >= 15 is 0 Å². The van der Waals surface area contributed by atoms with Crippen LogP contribution in [-0.2, 0) is 0 Å². The van der Waals surface area contributed by atoms with Gasteiger partial charge in [0.1, 0.15) is 22.5 Å². The molecule has 31 heavy (non-hydrogen) atoms. The first-order valence-corrected chi connectivity index (χ1v) is 9.95. The molecule has 0 saturated carbocycles. The molecule has 4 aromatic rings. The van der Waals surface area contributed by atoms with E-state index in [1.165, 1.54) is 0 Å². The SMILES string of the molecule is C[C@H](Nc1nc(N)nc(N)c1C#N)[C@@H](C)c1cn2ncc(Cl)c2nc1-c1ccccc1. The van der Waals surface area contributed by atoms with E-state index in [1.807, 2.05) is 49.5 Å². The molecule has 1 aromatic carbocycles. The zero-order valence-electron chi connectivity index (χ0n) is 16.9. The highest BCUT2D eigenvalue weighted by molar-refractivity contribution is 6.33. The Morgan fingerprint density at radius 1 is 1.13 bits per heavy atom. The molecular formula is C21H20ClN9. The van der Waals surface area contributed by atoms with Crippen molar-refractivity contribution in [3.05, 3.63) is 58.9 Å². The molecule has 2 atom stereocenters. The summed E-state index contributed by atoms with van der Waals surface area (Å²) in [7, 11) is 0. The summed E-state index contributed by atoms with van der Waals surface area (Å²) < 4.78 is 1.66. The fourth-order valence-corrected chi connectivity index (χ4v) is 3.55. The monoisotopic (exact) mass is 433 g/mol. The molecule has 5 N–H and O–H groups in total. The number of nitrogens with one attached hydrogen (secondary N) is 1. The van der Waals surface area contributed by atoms with Gasteiger partial charge in [0, 0.05) is 29.3 Å². The minimum Gasteiger partial charge on any atom is -0.382 e. The van der Waals surface area contributed by atoms with Crippen LogP contribution in [0.4, 0.5) is 17.6 Å². The number of nitrogens with zero attached hydrogens (tertiary/aromatic N) is 6. The van der Waals surface area contributed by atoms with Gasteiger partial charge >= 0.3 is 0 Å². The maximum atomic E-state index is 9.45. The maximum absolute atomic E-state index is 9.45. The Hall–Kier alpha value is -3.90. The van der Waals surface area contributed by atoms with Crippen molar-refractivity contribution < 1.29 is 0 Å². The lowest BCUT2D eigenvalue weighted by Gasteiger charge is -2.24. The molecule has 9 nitrogen and oxygen atoms in total. The fourth-order valence-electron chi connectivity index (χ4n) is 3.38. The van der Waals surface area contributed by atoms with Crippen molar-refractivity contribution in [3.63, 3.8) is 0 Å². The number of benzene rings is 1. The molecule has 0 unspecified atom stereocenters. The molecule has 0 aliphatic rings. The van der Waals surface area contributed by atoms with Gasteiger partial charge in [0.25, 0.3) is 0 Å². The van der Waals surface area contributed by atoms with E-state index < -0.39 is 0 Å². The number of hydrogen-bond donors (Lipinski definition) is 3. The largest absolute Gasteiger partial charge is 0.382 e. The number of fused-ring (bicyclic) bond motifs is 1. The van der Waals surface area contributed by atoms with Gasteiger partial charge in [-0.3, -0.25) is 0 Å². The predicted octanol–water partition coefficient (Wildman–Crippen LogP) is 3.48. The van der Waals surface area contributed by atoms with E-state index in [4.69, 9.17) is 28.1 Å². The maximum Gasteiger partial charge on any atom is 0.224 e. The molecule has 0 radical (unpaired) electrons. The second-order valence-corrected chi connectivity index (χ2v) is 7.60. The third-order valence-corrected chi connectivity index (χ3v) is 5.46. The van der Waals surface area contributed by atoms with Crippen molar-refractivity contribution in [1.29, 1.82) is 5.26 Å². The summed E-state index contributed by atoms with van der Waals surface area (Å²) in [4.78, 5) is 12.8. The van der Waals surface area contributed by atoms with Gasteiger partial charge in [-0.15, -0.1) is 0 Å². The smallest absolute Gasteiger partial charge is 0.224 e. The molecule has 3 heterocycles. The second-order valence-electron chi connectivity index (χ2n) is 7.20. The molecule has 0 aliphatic carbocycles. The fraction of sp³-hybridized carbons (Fsp3) is 0.190. The van der Waals surface area contributed by atoms with E-state index in [9.17, 15) is 5.26 Å². The highest BCUT2D eigenvalue weighted by Crippen LogP contribution is 2.32. The van der Waals surface area contributed by atoms with E-state index in [2.05, 4.69) is 27.3 Å². The molecule has 0 aliphatic heterocycles. The van der Waals surface area contributed by atoms with Crippen LogP contribution < -0.4 is 16.8 Å². The third kappa shape index (κ3) is 3.81. The van der Waals surface area contributed by atoms with Crippen LogP contribution in [0, 0.1) is 11.3 Å². The summed E-state index contributed by atoms with van der Waals surface area (Å²) in [6, 6.07) is 11.7. The van der Waals surface area contributed by atoms with Crippen molar-refractivity contribution in [2.24, 2.45) is 0 Å². The number of nitrogens with two attached hydrogens (primary N) is 2. The highest BCUT2D eigenvalue weighted by Gasteiger charge is 2.23. The van der Waals surface area contributed by atoms with E-state index in [0.717, 1.165) is 16.8 Å². The predicted molar refractivity (Wildman–Crippen MR) is 121 cm³/mol. The first-order valence-electron chi connectivity index (χ1n) is 9.58. The third-order valence-electron chi connectivity index (χ3n) is 5.20. The van der Waals surface area contributed by atoms with Gasteiger partial charge < -0.3 is 16.8 Å². The van der Waals surface area contributed by atoms with E-state index in [0.29, 0.717) is 16.5 Å². The van der Waals surface area contributed by atoms with Crippen LogP contribution in [-0.4, -0.2) is 30.6 Å². The van der Waals surface area contributed by atoms with Gasteiger partial charge in [0.15, 0.2) is 11.5 Å². The Morgan fingerprint density at radius 3 is 2.58 bits per heavy atom. The minimum atomic E-state index is -0.159. The minimum absolute atomic E-state index is 0.00176. The van der Waals surface area contributed by atoms with Crippen LogP contribution in [0.2, 0.25) is 5.02 Å². The number of halogens is 1. The Balaban J connectivity index is 1.77. The molecule has 0 bridgehead atoms. The molecular weight excluding hydrogens is 414 g/mol. The average Bonchev–Trinajstić information content (AvgIpc) is 3.12. The van der Waals surface area contributed by atoms with Crippen molar-refractivity contribution in [1.82, 2.24) is 24.6 Å². The molecule has 0 amide bonds. The number of rotatable bonds is 5. The number of aromatic nitrogens is 5. The van der Waals surface area contributed by atoms with Crippen molar-refractivity contribution in [2.45, 2.75) is 25.8 Å². The lowest BCUT2D eigenvalue weighted by molar-refractivity contribution is 0.641. The Bertz CT molecular complexity index is 1290. The molecule has 0 fully saturated rings. The van der Waals surface area contributed by atoms with Crippen LogP contribution >= 0.6 is 11.6 Å². The average molecular weight is 434 g/mol. The number of hydrogen-bond acceptors (Lipinski definition) is 8. The molecule has 10 heteroatoms. The highest BCUT2D eigenvalue weighted by atomic mass is 35.5. The molecule has 0 saturated heterocycles. The quantitative estimate of drug-likeness (QED) is 0.433. The van der Waals surface area contributed by atoms with Gasteiger partial charge in [-0.1, -0.05) is 48.9 Å². The second kappa shape index (κ2) is 8.08. The zero-order chi connectivity index (χ0) is 22.1. The van der Waals surface area contributed by atoms with Crippen molar-refractivity contribution in [2.75, 3.05) is 16.8 Å². The van der Waals surface area contributed by atoms with Gasteiger partial charge in [0.05, 0.1) is 11.9 Å². The summed E-state index contributed by atoms with van der Waals surface area (Å²) >= 11 is 6.27. The molecule has 156 valence electrons. The number of anilines is 3. The van der Waals surface area contributed by atoms with Crippen LogP contribution in [0.3, 0.4) is 0 Å². The molecule has 3 aromatic heterocycles. The van der Waals surface area contributed by atoms with Crippen LogP contribution in [0.15, 0.2) is 42.7 Å². The summed E-state index contributed by atoms with van der Waals surface area (Å²) in [6.45, 7) is 4.04. The Morgan fingerprint density at radius 2 is 1.87 bits per heavy atom. The standard InChI is InChI=1S/C21H20ClN9/c1-11(12(2)27-19-14(8-23)18(24)29-21(25)30-19)15-10-31-20(16(22)9-26-31)28-17(15)13-6-4-3-5-7-13/h3-7,9-12H,1-2H3,(H5,24,25,27,29,30)/t11-,12+/m1/s1. The van der Waals surface area contributed by atoms with Crippen LogP contribution in [0.5, 0.6) is 0 Å². The van der Waals surface area contributed by atoms with Gasteiger partial charge in [-0.05, 0) is 6.92 Å². The van der Waals surface area contributed by atoms with Gasteiger partial charge in [-0.2, -0.15) is 20.3 Å². The lowest BCUT2D eigenvalue weighted by atomic mass is 9.91. The summed E-state index contributed by atoms with van der Waals surface area (Å²) in [5.74, 6) is 0.276. The summed E-state index contributed by atoms with van der Waals surface area (Å²) in [6.07, 6.45) is 3.49. The van der Waals surface area contributed by atoms with Crippen molar-refractivity contribution in [3.8, 4) is 17.3 Å². The van der Waals surface area contributed by atoms with Gasteiger partial charge in [-0.25, -0.2) is 9.50 Å². The summed E-state index contributed by atoms with van der Waals surface area (Å²) in [5.41, 5.74) is 15.0. The Kier molecular flexibility index (Phi) is 5.31. The van der Waals surface area contributed by atoms with E-state index in [-0.39, 0.29) is 29.3 Å². The lowest BCUT2D eigenvalue weighted by Crippen LogP contribution is -2.25. The van der Waals surface area contributed by atoms with Crippen molar-refractivity contribution >= 4 is 34.8 Å². The zero-order valence-corrected chi connectivity index (χ0v) is 17.7. The summed E-state index contributed by atoms with van der Waals surface area (Å²) in [5, 5.41) is 17.5. The van der Waals surface area contributed by atoms with Crippen LogP contribution in [0.1, 0.15) is 30.9 Å². The normalized spacial score (nSPS) is 13.0. The number of nitrogen functional groups attached to an aromatic ring is 2. The van der Waals surface area contributed by atoms with E-state index in [1.54, 1.807) is 10.7 Å². The van der Waals surface area contributed by atoms with Gasteiger partial charge in [0.2, 0.25) is 5.95 Å². The Labute approximate surface area is 183 Å². The topological polar surface area (TPSA) is 144 Å². The van der Waals surface area contributed by atoms with Crippen LogP contribution in [0.25, 0.3) is 16.9 Å².